The molecular weight excluding hydrogens is 318 g/mol. The molecule has 0 spiro atoms. The number of nitrogens with zero attached hydrogens (tertiary/aromatic N) is 1. The summed E-state index contributed by atoms with van der Waals surface area (Å²) in [6, 6.07) is 10.8. The first-order valence-corrected chi connectivity index (χ1v) is 7.25. The van der Waals surface area contributed by atoms with Crippen molar-refractivity contribution < 1.29 is 13.6 Å². The molecule has 0 saturated carbocycles. The highest BCUT2D eigenvalue weighted by Gasteiger charge is 2.31. The second-order valence-corrected chi connectivity index (χ2v) is 5.52. The number of aryl methyl sites for hydroxylation is 1. The van der Waals surface area contributed by atoms with Crippen molar-refractivity contribution in [3.05, 3.63) is 70.9 Å². The van der Waals surface area contributed by atoms with Crippen LogP contribution in [0.4, 0.5) is 14.5 Å². The van der Waals surface area contributed by atoms with Crippen molar-refractivity contribution >= 4 is 35.0 Å². The molecule has 1 amide bonds. The van der Waals surface area contributed by atoms with E-state index in [1.54, 1.807) is 12.1 Å². The predicted molar refractivity (Wildman–Crippen MR) is 88.7 cm³/mol. The molecule has 0 radical (unpaired) electrons. The lowest BCUT2D eigenvalue weighted by atomic mass is 10.1. The van der Waals surface area contributed by atoms with E-state index in [0.29, 0.717) is 11.3 Å². The highest BCUT2D eigenvalue weighted by Crippen LogP contribution is 2.23. The van der Waals surface area contributed by atoms with E-state index in [1.165, 1.54) is 17.0 Å². The van der Waals surface area contributed by atoms with Gasteiger partial charge in [0.15, 0.2) is 16.7 Å². The highest BCUT2D eigenvalue weighted by molar-refractivity contribution is 7.80. The fraction of sp³-hybridized carbons (Fsp3) is 0.0588. The Morgan fingerprint density at radius 3 is 2.43 bits per heavy atom. The van der Waals surface area contributed by atoms with Crippen LogP contribution in [0.25, 0.3) is 6.08 Å². The van der Waals surface area contributed by atoms with E-state index in [4.69, 9.17) is 12.2 Å². The number of carbonyl (C=O) groups is 1. The second-order valence-electron chi connectivity index (χ2n) is 5.14. The summed E-state index contributed by atoms with van der Waals surface area (Å²) in [4.78, 5) is 13.9. The summed E-state index contributed by atoms with van der Waals surface area (Å²) in [5, 5.41) is 3.05. The first-order valence-electron chi connectivity index (χ1n) is 6.84. The lowest BCUT2D eigenvalue weighted by Crippen LogP contribution is -2.30. The zero-order chi connectivity index (χ0) is 16.6. The number of halogens is 2. The average molecular weight is 330 g/mol. The molecule has 2 aromatic carbocycles. The van der Waals surface area contributed by atoms with Crippen molar-refractivity contribution in [3.8, 4) is 0 Å². The molecule has 1 saturated heterocycles. The van der Waals surface area contributed by atoms with Crippen molar-refractivity contribution in [2.75, 3.05) is 4.90 Å². The fourth-order valence-electron chi connectivity index (χ4n) is 2.23. The maximum absolute atomic E-state index is 13.3. The summed E-state index contributed by atoms with van der Waals surface area (Å²) >= 11 is 5.19. The third-order valence-electron chi connectivity index (χ3n) is 3.43. The molecular formula is C17H12F2N2OS. The SMILES string of the molecule is Cc1ccc(N2C(=O)/C(=C\c3ccc(F)c(F)c3)NC2=S)cc1. The summed E-state index contributed by atoms with van der Waals surface area (Å²) in [5.74, 6) is -2.25. The molecule has 3 nitrogen and oxygen atoms in total. The average Bonchev–Trinajstić information content (AvgIpc) is 2.79. The zero-order valence-electron chi connectivity index (χ0n) is 12.1. The number of nitrogens with one attached hydrogen (secondary N) is 1. The van der Waals surface area contributed by atoms with Gasteiger partial charge in [0, 0.05) is 0 Å². The Balaban J connectivity index is 1.92. The van der Waals surface area contributed by atoms with Crippen molar-refractivity contribution in [2.24, 2.45) is 0 Å². The largest absolute Gasteiger partial charge is 0.327 e. The van der Waals surface area contributed by atoms with Crippen LogP contribution < -0.4 is 10.2 Å². The van der Waals surface area contributed by atoms with Crippen molar-refractivity contribution in [1.29, 1.82) is 0 Å². The number of amides is 1. The lowest BCUT2D eigenvalue weighted by molar-refractivity contribution is -0.113. The van der Waals surface area contributed by atoms with Crippen LogP contribution in [0, 0.1) is 18.6 Å². The Hall–Kier alpha value is -2.60. The van der Waals surface area contributed by atoms with Crippen LogP contribution in [0.1, 0.15) is 11.1 Å². The van der Waals surface area contributed by atoms with Crippen LogP contribution in [0.15, 0.2) is 48.2 Å². The van der Waals surface area contributed by atoms with Crippen molar-refractivity contribution in [1.82, 2.24) is 5.32 Å². The molecule has 0 atom stereocenters. The number of carbonyl (C=O) groups excluding carboxylic acids is 1. The van der Waals surface area contributed by atoms with Crippen LogP contribution >= 0.6 is 12.2 Å². The molecule has 6 heteroatoms. The van der Waals surface area contributed by atoms with E-state index < -0.39 is 11.6 Å². The third-order valence-corrected chi connectivity index (χ3v) is 3.71. The van der Waals surface area contributed by atoms with Gasteiger partial charge >= 0.3 is 0 Å². The molecule has 0 aliphatic carbocycles. The second kappa shape index (κ2) is 5.89. The van der Waals surface area contributed by atoms with Gasteiger partial charge in [0.1, 0.15) is 5.70 Å². The number of hydrogen-bond acceptors (Lipinski definition) is 2. The van der Waals surface area contributed by atoms with Crippen molar-refractivity contribution in [3.63, 3.8) is 0 Å². The summed E-state index contributed by atoms with van der Waals surface area (Å²) in [6.45, 7) is 1.95. The predicted octanol–water partition coefficient (Wildman–Crippen LogP) is 3.54. The Kier molecular flexibility index (Phi) is 3.92. The molecule has 1 N–H and O–H groups in total. The summed E-state index contributed by atoms with van der Waals surface area (Å²) < 4.78 is 26.2. The molecule has 0 unspecified atom stereocenters. The number of anilines is 1. The number of rotatable bonds is 2. The number of benzene rings is 2. The molecule has 1 aliphatic rings. The lowest BCUT2D eigenvalue weighted by Gasteiger charge is -2.13. The zero-order valence-corrected chi connectivity index (χ0v) is 13.0. The Labute approximate surface area is 137 Å². The van der Waals surface area contributed by atoms with Crippen LogP contribution in [-0.4, -0.2) is 11.0 Å². The van der Waals surface area contributed by atoms with Gasteiger partial charge in [-0.05, 0) is 55.0 Å². The van der Waals surface area contributed by atoms with E-state index in [0.717, 1.165) is 17.7 Å². The molecule has 23 heavy (non-hydrogen) atoms. The Morgan fingerprint density at radius 2 is 1.78 bits per heavy atom. The quantitative estimate of drug-likeness (QED) is 0.675. The van der Waals surface area contributed by atoms with Gasteiger partial charge in [-0.3, -0.25) is 9.69 Å². The van der Waals surface area contributed by atoms with Gasteiger partial charge in [-0.2, -0.15) is 0 Å². The first kappa shape index (κ1) is 15.3. The van der Waals surface area contributed by atoms with Gasteiger partial charge in [-0.1, -0.05) is 23.8 Å². The van der Waals surface area contributed by atoms with Gasteiger partial charge in [-0.15, -0.1) is 0 Å². The van der Waals surface area contributed by atoms with Crippen LogP contribution in [0.2, 0.25) is 0 Å². The topological polar surface area (TPSA) is 32.3 Å². The minimum atomic E-state index is -0.970. The van der Waals surface area contributed by atoms with Gasteiger partial charge in [-0.25, -0.2) is 8.78 Å². The maximum Gasteiger partial charge on any atom is 0.281 e. The molecule has 1 fully saturated rings. The minimum absolute atomic E-state index is 0.210. The highest BCUT2D eigenvalue weighted by atomic mass is 32.1. The maximum atomic E-state index is 13.3. The van der Waals surface area contributed by atoms with Crippen LogP contribution in [0.5, 0.6) is 0 Å². The Bertz CT molecular complexity index is 831. The first-order chi connectivity index (χ1) is 11.0. The smallest absolute Gasteiger partial charge is 0.281 e. The molecule has 3 rings (SSSR count). The molecule has 116 valence electrons. The monoisotopic (exact) mass is 330 g/mol. The van der Waals surface area contributed by atoms with Gasteiger partial charge in [0.25, 0.3) is 5.91 Å². The number of hydrogen-bond donors (Lipinski definition) is 1. The van der Waals surface area contributed by atoms with Gasteiger partial charge in [0.05, 0.1) is 5.69 Å². The molecule has 0 bridgehead atoms. The molecule has 1 aliphatic heterocycles. The molecule has 0 aromatic heterocycles. The minimum Gasteiger partial charge on any atom is -0.327 e. The van der Waals surface area contributed by atoms with E-state index in [1.807, 2.05) is 19.1 Å². The van der Waals surface area contributed by atoms with E-state index >= 15 is 0 Å². The standard InChI is InChI=1S/C17H12F2N2OS/c1-10-2-5-12(6-3-10)21-16(22)15(20-17(21)23)9-11-4-7-13(18)14(19)8-11/h2-9H,1H3,(H,20,23)/b15-9+. The normalized spacial score (nSPS) is 16.1. The van der Waals surface area contributed by atoms with E-state index in [9.17, 15) is 13.6 Å². The summed E-state index contributed by atoms with van der Waals surface area (Å²) in [5.41, 5.74) is 2.29. The van der Waals surface area contributed by atoms with Crippen LogP contribution in [-0.2, 0) is 4.79 Å². The fourth-order valence-corrected chi connectivity index (χ4v) is 2.53. The molecule has 1 heterocycles. The Morgan fingerprint density at radius 1 is 1.09 bits per heavy atom. The third kappa shape index (κ3) is 2.98. The summed E-state index contributed by atoms with van der Waals surface area (Å²) in [7, 11) is 0. The van der Waals surface area contributed by atoms with Crippen molar-refractivity contribution in [2.45, 2.75) is 6.92 Å². The van der Waals surface area contributed by atoms with E-state index in [2.05, 4.69) is 5.32 Å². The van der Waals surface area contributed by atoms with Crippen LogP contribution in [0.3, 0.4) is 0 Å². The van der Waals surface area contributed by atoms with Gasteiger partial charge in [0.2, 0.25) is 0 Å². The number of thiocarbonyl (C=S) groups is 1. The van der Waals surface area contributed by atoms with Gasteiger partial charge < -0.3 is 5.32 Å². The van der Waals surface area contributed by atoms with E-state index in [-0.39, 0.29) is 16.7 Å². The molecule has 2 aromatic rings. The summed E-state index contributed by atoms with van der Waals surface area (Å²) in [6.07, 6.45) is 1.44.